The van der Waals surface area contributed by atoms with Crippen molar-refractivity contribution in [2.45, 2.75) is 6.10 Å². The maximum absolute atomic E-state index is 13.4. The first-order chi connectivity index (χ1) is 9.40. The van der Waals surface area contributed by atoms with E-state index in [1.54, 1.807) is 0 Å². The number of likely N-dealkylation sites (N-methyl/N-ethyl adjacent to an activating group) is 1. The molecule has 1 fully saturated rings. The van der Waals surface area contributed by atoms with Gasteiger partial charge in [0.05, 0.1) is 18.7 Å². The molecule has 0 spiro atoms. The normalized spacial score (nSPS) is 18.1. The maximum Gasteiger partial charge on any atom is 0.410 e. The van der Waals surface area contributed by atoms with Crippen LogP contribution in [-0.4, -0.2) is 43.1 Å². The SMILES string of the molecule is CN1CC(CNC(=O)c2ccc(F)c(F)c2F)OC1=O. The van der Waals surface area contributed by atoms with Gasteiger partial charge in [-0.15, -0.1) is 0 Å². The lowest BCUT2D eigenvalue weighted by atomic mass is 10.2. The summed E-state index contributed by atoms with van der Waals surface area (Å²) < 4.78 is 44.0. The molecule has 1 aliphatic rings. The van der Waals surface area contributed by atoms with E-state index in [9.17, 15) is 22.8 Å². The van der Waals surface area contributed by atoms with E-state index in [-0.39, 0.29) is 13.1 Å². The molecule has 1 N–H and O–H groups in total. The van der Waals surface area contributed by atoms with Crippen LogP contribution in [0.5, 0.6) is 0 Å². The lowest BCUT2D eigenvalue weighted by Gasteiger charge is -2.10. The number of carbonyl (C=O) groups is 2. The number of cyclic esters (lactones) is 1. The van der Waals surface area contributed by atoms with Gasteiger partial charge in [-0.2, -0.15) is 0 Å². The fraction of sp³-hybridized carbons (Fsp3) is 0.333. The third-order valence-corrected chi connectivity index (χ3v) is 2.83. The molecule has 2 amide bonds. The number of carbonyl (C=O) groups excluding carboxylic acids is 2. The molecule has 5 nitrogen and oxygen atoms in total. The zero-order valence-corrected chi connectivity index (χ0v) is 10.5. The zero-order chi connectivity index (χ0) is 14.9. The highest BCUT2D eigenvalue weighted by molar-refractivity contribution is 5.94. The Balaban J connectivity index is 1.99. The third kappa shape index (κ3) is 2.68. The molecule has 0 bridgehead atoms. The van der Waals surface area contributed by atoms with Gasteiger partial charge in [-0.3, -0.25) is 4.79 Å². The lowest BCUT2D eigenvalue weighted by molar-refractivity contribution is 0.0910. The van der Waals surface area contributed by atoms with Crippen LogP contribution in [0.3, 0.4) is 0 Å². The minimum atomic E-state index is -1.70. The standard InChI is InChI=1S/C12H11F3N2O3/c1-17-5-6(20-12(17)19)4-16-11(18)7-2-3-8(13)10(15)9(7)14/h2-3,6H,4-5H2,1H3,(H,16,18). The molecular formula is C12H11F3N2O3. The quantitative estimate of drug-likeness (QED) is 0.853. The molecule has 108 valence electrons. The van der Waals surface area contributed by atoms with Crippen LogP contribution in [0.2, 0.25) is 0 Å². The van der Waals surface area contributed by atoms with Crippen molar-refractivity contribution in [2.24, 2.45) is 0 Å². The van der Waals surface area contributed by atoms with Crippen molar-refractivity contribution >= 4 is 12.0 Å². The highest BCUT2D eigenvalue weighted by Crippen LogP contribution is 2.15. The summed E-state index contributed by atoms with van der Waals surface area (Å²) in [5.74, 6) is -5.54. The first kappa shape index (κ1) is 14.2. The van der Waals surface area contributed by atoms with Gasteiger partial charge >= 0.3 is 6.09 Å². The fourth-order valence-corrected chi connectivity index (χ4v) is 1.76. The Morgan fingerprint density at radius 3 is 2.70 bits per heavy atom. The minimum absolute atomic E-state index is 0.0483. The van der Waals surface area contributed by atoms with E-state index < -0.39 is 41.1 Å². The molecule has 0 aliphatic carbocycles. The van der Waals surface area contributed by atoms with Gasteiger partial charge in [0, 0.05) is 7.05 Å². The summed E-state index contributed by atoms with van der Waals surface area (Å²) in [5, 5.41) is 2.30. The van der Waals surface area contributed by atoms with Gasteiger partial charge in [0.1, 0.15) is 6.10 Å². The molecule has 1 unspecified atom stereocenters. The Morgan fingerprint density at radius 2 is 2.10 bits per heavy atom. The number of rotatable bonds is 3. The van der Waals surface area contributed by atoms with Crippen LogP contribution in [0.15, 0.2) is 12.1 Å². The van der Waals surface area contributed by atoms with E-state index in [4.69, 9.17) is 4.74 Å². The van der Waals surface area contributed by atoms with E-state index in [1.807, 2.05) is 0 Å². The Hall–Kier alpha value is -2.25. The highest BCUT2D eigenvalue weighted by Gasteiger charge is 2.29. The second-order valence-corrected chi connectivity index (χ2v) is 4.32. The molecule has 1 aromatic rings. The number of benzene rings is 1. The van der Waals surface area contributed by atoms with Crippen molar-refractivity contribution in [1.29, 1.82) is 0 Å². The molecule has 2 rings (SSSR count). The van der Waals surface area contributed by atoms with Crippen molar-refractivity contribution in [3.8, 4) is 0 Å². The molecule has 1 atom stereocenters. The summed E-state index contributed by atoms with van der Waals surface area (Å²) >= 11 is 0. The lowest BCUT2D eigenvalue weighted by Crippen LogP contribution is -2.34. The van der Waals surface area contributed by atoms with Gasteiger partial charge in [0.25, 0.3) is 5.91 Å². The summed E-state index contributed by atoms with van der Waals surface area (Å²) in [7, 11) is 1.53. The Labute approximate surface area is 112 Å². The monoisotopic (exact) mass is 288 g/mol. The number of hydrogen-bond donors (Lipinski definition) is 1. The zero-order valence-electron chi connectivity index (χ0n) is 10.5. The predicted molar refractivity (Wildman–Crippen MR) is 61.5 cm³/mol. The topological polar surface area (TPSA) is 58.6 Å². The fourth-order valence-electron chi connectivity index (χ4n) is 1.76. The molecule has 0 aromatic heterocycles. The first-order valence-electron chi connectivity index (χ1n) is 5.73. The van der Waals surface area contributed by atoms with Crippen LogP contribution < -0.4 is 5.32 Å². The van der Waals surface area contributed by atoms with E-state index in [2.05, 4.69) is 5.32 Å². The van der Waals surface area contributed by atoms with Crippen LogP contribution in [0, 0.1) is 17.5 Å². The molecule has 0 saturated carbocycles. The average Bonchev–Trinajstić information content (AvgIpc) is 2.73. The van der Waals surface area contributed by atoms with Crippen molar-refractivity contribution in [1.82, 2.24) is 10.2 Å². The highest BCUT2D eigenvalue weighted by atomic mass is 19.2. The van der Waals surface area contributed by atoms with Crippen molar-refractivity contribution in [3.63, 3.8) is 0 Å². The van der Waals surface area contributed by atoms with Gasteiger partial charge in [0.2, 0.25) is 0 Å². The van der Waals surface area contributed by atoms with Crippen LogP contribution in [0.25, 0.3) is 0 Å². The third-order valence-electron chi connectivity index (χ3n) is 2.83. The van der Waals surface area contributed by atoms with Gasteiger partial charge in [-0.05, 0) is 12.1 Å². The molecular weight excluding hydrogens is 277 g/mol. The number of amides is 2. The van der Waals surface area contributed by atoms with Gasteiger partial charge in [-0.25, -0.2) is 18.0 Å². The van der Waals surface area contributed by atoms with Crippen LogP contribution >= 0.6 is 0 Å². The van der Waals surface area contributed by atoms with Gasteiger partial charge in [-0.1, -0.05) is 0 Å². The smallest absolute Gasteiger partial charge is 0.410 e. The largest absolute Gasteiger partial charge is 0.442 e. The average molecular weight is 288 g/mol. The molecule has 8 heteroatoms. The maximum atomic E-state index is 13.4. The molecule has 20 heavy (non-hydrogen) atoms. The summed E-state index contributed by atoms with van der Waals surface area (Å²) in [4.78, 5) is 24.0. The Kier molecular flexibility index (Phi) is 3.82. The second kappa shape index (κ2) is 5.40. The summed E-state index contributed by atoms with van der Waals surface area (Å²) in [6.45, 7) is 0.229. The summed E-state index contributed by atoms with van der Waals surface area (Å²) in [6, 6.07) is 1.51. The number of hydrogen-bond acceptors (Lipinski definition) is 3. The minimum Gasteiger partial charge on any atom is -0.442 e. The van der Waals surface area contributed by atoms with Gasteiger partial charge < -0.3 is 15.0 Å². The predicted octanol–water partition coefficient (Wildman–Crippen LogP) is 1.28. The first-order valence-corrected chi connectivity index (χ1v) is 5.73. The molecule has 0 radical (unpaired) electrons. The van der Waals surface area contributed by atoms with E-state index in [0.717, 1.165) is 6.07 Å². The summed E-state index contributed by atoms with van der Waals surface area (Å²) in [5.41, 5.74) is -0.610. The summed E-state index contributed by atoms with van der Waals surface area (Å²) in [6.07, 6.45) is -1.09. The van der Waals surface area contributed by atoms with E-state index in [1.165, 1.54) is 11.9 Å². The van der Waals surface area contributed by atoms with Crippen LogP contribution in [0.4, 0.5) is 18.0 Å². The number of nitrogens with one attached hydrogen (secondary N) is 1. The van der Waals surface area contributed by atoms with E-state index in [0.29, 0.717) is 6.07 Å². The number of ether oxygens (including phenoxy) is 1. The second-order valence-electron chi connectivity index (χ2n) is 4.32. The molecule has 1 aliphatic heterocycles. The van der Waals surface area contributed by atoms with Crippen molar-refractivity contribution < 1.29 is 27.5 Å². The van der Waals surface area contributed by atoms with Crippen LogP contribution in [0.1, 0.15) is 10.4 Å². The van der Waals surface area contributed by atoms with Crippen molar-refractivity contribution in [2.75, 3.05) is 20.1 Å². The van der Waals surface area contributed by atoms with Crippen molar-refractivity contribution in [3.05, 3.63) is 35.1 Å². The number of nitrogens with zero attached hydrogens (tertiary/aromatic N) is 1. The van der Waals surface area contributed by atoms with E-state index >= 15 is 0 Å². The van der Waals surface area contributed by atoms with Gasteiger partial charge in [0.15, 0.2) is 17.5 Å². The Morgan fingerprint density at radius 1 is 1.40 bits per heavy atom. The Bertz CT molecular complexity index is 565. The van der Waals surface area contributed by atoms with Crippen LogP contribution in [-0.2, 0) is 4.74 Å². The molecule has 1 saturated heterocycles. The number of halogens is 3. The molecule has 1 heterocycles. The molecule has 1 aromatic carbocycles.